The zero-order valence-corrected chi connectivity index (χ0v) is 12.6. The van der Waals surface area contributed by atoms with Gasteiger partial charge in [0.15, 0.2) is 11.5 Å². The summed E-state index contributed by atoms with van der Waals surface area (Å²) in [5, 5.41) is 6.18. The summed E-state index contributed by atoms with van der Waals surface area (Å²) in [6.45, 7) is 3.13. The largest absolute Gasteiger partial charge is 0.454 e. The Morgan fingerprint density at radius 1 is 1.27 bits per heavy atom. The van der Waals surface area contributed by atoms with Crippen molar-refractivity contribution in [2.45, 2.75) is 31.9 Å². The van der Waals surface area contributed by atoms with Crippen LogP contribution in [0.2, 0.25) is 0 Å². The van der Waals surface area contributed by atoms with Gasteiger partial charge in [0, 0.05) is 32.7 Å². The van der Waals surface area contributed by atoms with Crippen LogP contribution in [0.4, 0.5) is 0 Å². The Balaban J connectivity index is 1.32. The number of benzene rings is 1. The number of ether oxygens (including phenoxy) is 3. The first-order valence-corrected chi connectivity index (χ1v) is 7.79. The topological polar surface area (TPSA) is 68.8 Å². The van der Waals surface area contributed by atoms with Crippen molar-refractivity contribution in [2.24, 2.45) is 0 Å². The molecular weight excluding hydrogens is 284 g/mol. The molecule has 2 N–H and O–H groups in total. The SMILES string of the molecule is O=C(CCNCC1CCCO1)NCc1ccc2c(c1)OCO2. The highest BCUT2D eigenvalue weighted by atomic mass is 16.7. The lowest BCUT2D eigenvalue weighted by atomic mass is 10.2. The van der Waals surface area contributed by atoms with E-state index in [0.29, 0.717) is 25.6 Å². The second kappa shape index (κ2) is 7.47. The molecule has 22 heavy (non-hydrogen) atoms. The van der Waals surface area contributed by atoms with Gasteiger partial charge in [-0.15, -0.1) is 0 Å². The average Bonchev–Trinajstić information content (AvgIpc) is 3.20. The van der Waals surface area contributed by atoms with Crippen molar-refractivity contribution in [1.82, 2.24) is 10.6 Å². The van der Waals surface area contributed by atoms with Crippen LogP contribution in [0.25, 0.3) is 0 Å². The molecule has 0 spiro atoms. The molecule has 6 nitrogen and oxygen atoms in total. The highest BCUT2D eigenvalue weighted by Crippen LogP contribution is 2.32. The van der Waals surface area contributed by atoms with E-state index in [9.17, 15) is 4.79 Å². The van der Waals surface area contributed by atoms with E-state index >= 15 is 0 Å². The number of fused-ring (bicyclic) bond motifs is 1. The summed E-state index contributed by atoms with van der Waals surface area (Å²) >= 11 is 0. The van der Waals surface area contributed by atoms with Crippen LogP contribution in [0.3, 0.4) is 0 Å². The van der Waals surface area contributed by atoms with Crippen LogP contribution in [-0.4, -0.2) is 38.5 Å². The molecule has 0 aliphatic carbocycles. The minimum absolute atomic E-state index is 0.0394. The molecule has 1 saturated heterocycles. The molecule has 6 heteroatoms. The molecule has 1 atom stereocenters. The summed E-state index contributed by atoms with van der Waals surface area (Å²) in [4.78, 5) is 11.8. The molecule has 0 aromatic heterocycles. The third-order valence-corrected chi connectivity index (χ3v) is 3.85. The van der Waals surface area contributed by atoms with Gasteiger partial charge in [-0.25, -0.2) is 0 Å². The Kier molecular flexibility index (Phi) is 5.13. The number of hydrogen-bond acceptors (Lipinski definition) is 5. The van der Waals surface area contributed by atoms with Gasteiger partial charge >= 0.3 is 0 Å². The fourth-order valence-corrected chi connectivity index (χ4v) is 2.61. The Morgan fingerprint density at radius 2 is 2.18 bits per heavy atom. The van der Waals surface area contributed by atoms with E-state index in [4.69, 9.17) is 14.2 Å². The zero-order chi connectivity index (χ0) is 15.2. The molecule has 2 aliphatic rings. The third kappa shape index (κ3) is 4.11. The molecule has 2 aliphatic heterocycles. The smallest absolute Gasteiger partial charge is 0.231 e. The number of rotatable bonds is 7. The van der Waals surface area contributed by atoms with Crippen LogP contribution in [0.5, 0.6) is 11.5 Å². The average molecular weight is 306 g/mol. The Labute approximate surface area is 130 Å². The van der Waals surface area contributed by atoms with E-state index in [2.05, 4.69) is 10.6 Å². The van der Waals surface area contributed by atoms with Crippen molar-refractivity contribution in [3.05, 3.63) is 23.8 Å². The van der Waals surface area contributed by atoms with Gasteiger partial charge in [0.25, 0.3) is 0 Å². The predicted octanol–water partition coefficient (Wildman–Crippen LogP) is 1.19. The minimum atomic E-state index is 0.0394. The van der Waals surface area contributed by atoms with Gasteiger partial charge in [-0.2, -0.15) is 0 Å². The van der Waals surface area contributed by atoms with Gasteiger partial charge < -0.3 is 24.8 Å². The monoisotopic (exact) mass is 306 g/mol. The quantitative estimate of drug-likeness (QED) is 0.741. The van der Waals surface area contributed by atoms with E-state index in [1.807, 2.05) is 18.2 Å². The molecule has 1 aromatic carbocycles. The molecule has 1 unspecified atom stereocenters. The highest BCUT2D eigenvalue weighted by Gasteiger charge is 2.15. The van der Waals surface area contributed by atoms with E-state index in [1.54, 1.807) is 0 Å². The van der Waals surface area contributed by atoms with E-state index < -0.39 is 0 Å². The number of hydrogen-bond donors (Lipinski definition) is 2. The molecule has 1 amide bonds. The van der Waals surface area contributed by atoms with Gasteiger partial charge in [-0.05, 0) is 30.5 Å². The fourth-order valence-electron chi connectivity index (χ4n) is 2.61. The summed E-state index contributed by atoms with van der Waals surface area (Å²) in [7, 11) is 0. The van der Waals surface area contributed by atoms with Crippen LogP contribution in [0.1, 0.15) is 24.8 Å². The van der Waals surface area contributed by atoms with E-state index in [0.717, 1.165) is 43.1 Å². The van der Waals surface area contributed by atoms with Crippen molar-refractivity contribution in [3.8, 4) is 11.5 Å². The molecule has 2 heterocycles. The van der Waals surface area contributed by atoms with Crippen molar-refractivity contribution < 1.29 is 19.0 Å². The Bertz CT molecular complexity index is 515. The lowest BCUT2D eigenvalue weighted by molar-refractivity contribution is -0.121. The van der Waals surface area contributed by atoms with Crippen LogP contribution in [0, 0.1) is 0 Å². The van der Waals surface area contributed by atoms with Gasteiger partial charge in [0.05, 0.1) is 6.10 Å². The lowest BCUT2D eigenvalue weighted by Gasteiger charge is -2.10. The maximum Gasteiger partial charge on any atom is 0.231 e. The maximum atomic E-state index is 11.8. The standard InChI is InChI=1S/C16H22N2O4/c19-16(5-6-17-10-13-2-1-7-20-13)18-9-12-3-4-14-15(8-12)22-11-21-14/h3-4,8,13,17H,1-2,5-7,9-11H2,(H,18,19). The molecule has 3 rings (SSSR count). The Morgan fingerprint density at radius 3 is 3.05 bits per heavy atom. The van der Waals surface area contributed by atoms with Crippen molar-refractivity contribution >= 4 is 5.91 Å². The van der Waals surface area contributed by atoms with Crippen LogP contribution in [-0.2, 0) is 16.1 Å². The zero-order valence-electron chi connectivity index (χ0n) is 12.6. The fraction of sp³-hybridized carbons (Fsp3) is 0.562. The number of nitrogens with one attached hydrogen (secondary N) is 2. The van der Waals surface area contributed by atoms with Crippen LogP contribution in [0.15, 0.2) is 18.2 Å². The van der Waals surface area contributed by atoms with Gasteiger partial charge in [0.2, 0.25) is 12.7 Å². The van der Waals surface area contributed by atoms with Gasteiger partial charge in [-0.3, -0.25) is 4.79 Å². The summed E-state index contributed by atoms with van der Waals surface area (Å²) < 4.78 is 16.1. The molecule has 120 valence electrons. The first-order chi connectivity index (χ1) is 10.8. The molecule has 0 saturated carbocycles. The summed E-state index contributed by atoms with van der Waals surface area (Å²) in [6.07, 6.45) is 3.04. The third-order valence-electron chi connectivity index (χ3n) is 3.85. The van der Waals surface area contributed by atoms with Gasteiger partial charge in [0.1, 0.15) is 0 Å². The van der Waals surface area contributed by atoms with Crippen LogP contribution >= 0.6 is 0 Å². The molecule has 0 radical (unpaired) electrons. The van der Waals surface area contributed by atoms with Gasteiger partial charge in [-0.1, -0.05) is 6.07 Å². The first kappa shape index (κ1) is 15.1. The number of carbonyl (C=O) groups is 1. The lowest BCUT2D eigenvalue weighted by Crippen LogP contribution is -2.31. The van der Waals surface area contributed by atoms with Crippen LogP contribution < -0.4 is 20.1 Å². The summed E-state index contributed by atoms with van der Waals surface area (Å²) in [5.41, 5.74) is 1.00. The van der Waals surface area contributed by atoms with E-state index in [-0.39, 0.29) is 12.7 Å². The maximum absolute atomic E-state index is 11.8. The number of amides is 1. The molecule has 0 bridgehead atoms. The summed E-state index contributed by atoms with van der Waals surface area (Å²) in [5.74, 6) is 1.54. The molecular formula is C16H22N2O4. The number of carbonyl (C=O) groups excluding carboxylic acids is 1. The van der Waals surface area contributed by atoms with Crippen molar-refractivity contribution in [3.63, 3.8) is 0 Å². The Hall–Kier alpha value is -1.79. The van der Waals surface area contributed by atoms with E-state index in [1.165, 1.54) is 0 Å². The van der Waals surface area contributed by atoms with Crippen molar-refractivity contribution in [2.75, 3.05) is 26.5 Å². The second-order valence-corrected chi connectivity index (χ2v) is 5.55. The second-order valence-electron chi connectivity index (χ2n) is 5.55. The highest BCUT2D eigenvalue weighted by molar-refractivity contribution is 5.76. The normalized spacial score (nSPS) is 19.4. The molecule has 1 aromatic rings. The minimum Gasteiger partial charge on any atom is -0.454 e. The first-order valence-electron chi connectivity index (χ1n) is 7.79. The predicted molar refractivity (Wildman–Crippen MR) is 80.9 cm³/mol. The molecule has 1 fully saturated rings. The summed E-state index contributed by atoms with van der Waals surface area (Å²) in [6, 6.07) is 5.70. The van der Waals surface area contributed by atoms with Crippen molar-refractivity contribution in [1.29, 1.82) is 0 Å².